The summed E-state index contributed by atoms with van der Waals surface area (Å²) in [6, 6.07) is 6.26. The summed E-state index contributed by atoms with van der Waals surface area (Å²) in [5, 5.41) is 3.32. The van der Waals surface area contributed by atoms with Crippen molar-refractivity contribution in [1.82, 2.24) is 0 Å². The van der Waals surface area contributed by atoms with Crippen molar-refractivity contribution < 1.29 is 17.9 Å². The molecule has 0 saturated heterocycles. The van der Waals surface area contributed by atoms with E-state index in [9.17, 15) is 13.2 Å². The van der Waals surface area contributed by atoms with E-state index in [0.717, 1.165) is 12.8 Å². The SMILES string of the molecule is CC(C)CC(CC(C)C)Nc1cccc(OC(F)(F)F)c1. The number of nitrogens with one attached hydrogen (secondary N) is 1. The van der Waals surface area contributed by atoms with Crippen LogP contribution >= 0.6 is 0 Å². The third kappa shape index (κ3) is 7.83. The van der Waals surface area contributed by atoms with Crippen molar-refractivity contribution in [3.8, 4) is 5.75 Å². The molecule has 0 aromatic heterocycles. The average Bonchev–Trinajstić information content (AvgIpc) is 2.24. The van der Waals surface area contributed by atoms with E-state index in [-0.39, 0.29) is 11.8 Å². The molecule has 0 aliphatic rings. The van der Waals surface area contributed by atoms with E-state index in [4.69, 9.17) is 0 Å². The van der Waals surface area contributed by atoms with Crippen LogP contribution in [0.4, 0.5) is 18.9 Å². The van der Waals surface area contributed by atoms with Gasteiger partial charge in [-0.15, -0.1) is 13.2 Å². The lowest BCUT2D eigenvalue weighted by Gasteiger charge is -2.24. The minimum atomic E-state index is -4.66. The monoisotopic (exact) mass is 303 g/mol. The van der Waals surface area contributed by atoms with E-state index in [1.807, 2.05) is 0 Å². The number of hydrogen-bond donors (Lipinski definition) is 1. The largest absolute Gasteiger partial charge is 0.573 e. The average molecular weight is 303 g/mol. The number of halogens is 3. The maximum absolute atomic E-state index is 12.2. The number of alkyl halides is 3. The second kappa shape index (κ2) is 7.57. The maximum atomic E-state index is 12.2. The van der Waals surface area contributed by atoms with Gasteiger partial charge in [-0.3, -0.25) is 0 Å². The predicted molar refractivity (Wildman–Crippen MR) is 79.4 cm³/mol. The Hall–Kier alpha value is -1.39. The van der Waals surface area contributed by atoms with E-state index in [2.05, 4.69) is 37.7 Å². The van der Waals surface area contributed by atoms with Gasteiger partial charge in [0.2, 0.25) is 0 Å². The molecule has 1 N–H and O–H groups in total. The van der Waals surface area contributed by atoms with Crippen LogP contribution in [-0.2, 0) is 0 Å². The first kappa shape index (κ1) is 17.7. The Balaban J connectivity index is 2.76. The zero-order valence-corrected chi connectivity index (χ0v) is 13.0. The molecule has 0 bridgehead atoms. The molecule has 0 radical (unpaired) electrons. The number of anilines is 1. The Morgan fingerprint density at radius 1 is 1.05 bits per heavy atom. The Kier molecular flexibility index (Phi) is 6.37. The zero-order chi connectivity index (χ0) is 16.0. The number of ether oxygens (including phenoxy) is 1. The van der Waals surface area contributed by atoms with Crippen LogP contribution in [0, 0.1) is 11.8 Å². The van der Waals surface area contributed by atoms with Gasteiger partial charge in [-0.1, -0.05) is 33.8 Å². The van der Waals surface area contributed by atoms with Crippen LogP contribution in [0.5, 0.6) is 5.75 Å². The van der Waals surface area contributed by atoms with Gasteiger partial charge in [0.15, 0.2) is 0 Å². The lowest BCUT2D eigenvalue weighted by atomic mass is 9.95. The predicted octanol–water partition coefficient (Wildman–Crippen LogP) is 5.46. The van der Waals surface area contributed by atoms with E-state index in [0.29, 0.717) is 17.5 Å². The Morgan fingerprint density at radius 2 is 1.62 bits per heavy atom. The van der Waals surface area contributed by atoms with Crippen LogP contribution in [0.1, 0.15) is 40.5 Å². The minimum absolute atomic E-state index is 0.194. The van der Waals surface area contributed by atoms with E-state index in [1.54, 1.807) is 12.1 Å². The first-order chi connectivity index (χ1) is 9.65. The maximum Gasteiger partial charge on any atom is 0.573 e. The second-order valence-electron chi connectivity index (χ2n) is 6.18. The lowest BCUT2D eigenvalue weighted by molar-refractivity contribution is -0.274. The normalized spacial score (nSPS) is 12.3. The van der Waals surface area contributed by atoms with Gasteiger partial charge >= 0.3 is 6.36 Å². The molecular weight excluding hydrogens is 279 g/mol. The Bertz CT molecular complexity index is 420. The van der Waals surface area contributed by atoms with Crippen LogP contribution in [0.25, 0.3) is 0 Å². The molecule has 0 atom stereocenters. The molecule has 120 valence electrons. The zero-order valence-electron chi connectivity index (χ0n) is 13.0. The van der Waals surface area contributed by atoms with Crippen molar-refractivity contribution in [3.05, 3.63) is 24.3 Å². The molecule has 0 spiro atoms. The molecule has 1 aromatic carbocycles. The molecule has 5 heteroatoms. The molecule has 1 rings (SSSR count). The van der Waals surface area contributed by atoms with Crippen LogP contribution in [0.2, 0.25) is 0 Å². The minimum Gasteiger partial charge on any atom is -0.406 e. The standard InChI is InChI=1S/C16H24F3NO/c1-11(2)8-14(9-12(3)4)20-13-6-5-7-15(10-13)21-16(17,18)19/h5-7,10-12,14,20H,8-9H2,1-4H3. The van der Waals surface area contributed by atoms with Crippen molar-refractivity contribution in [2.45, 2.75) is 52.9 Å². The van der Waals surface area contributed by atoms with Gasteiger partial charge in [-0.2, -0.15) is 0 Å². The topological polar surface area (TPSA) is 21.3 Å². The van der Waals surface area contributed by atoms with E-state index >= 15 is 0 Å². The Labute approximate surface area is 124 Å². The van der Waals surface area contributed by atoms with Gasteiger partial charge in [0, 0.05) is 17.8 Å². The molecule has 1 aromatic rings. The van der Waals surface area contributed by atoms with Crippen LogP contribution in [-0.4, -0.2) is 12.4 Å². The van der Waals surface area contributed by atoms with Gasteiger partial charge in [0.05, 0.1) is 0 Å². The molecular formula is C16H24F3NO. The second-order valence-corrected chi connectivity index (χ2v) is 6.18. The molecule has 21 heavy (non-hydrogen) atoms. The van der Waals surface area contributed by atoms with Crippen molar-refractivity contribution in [2.24, 2.45) is 11.8 Å². The number of rotatable bonds is 7. The summed E-state index contributed by atoms with van der Waals surface area (Å²) in [5.74, 6) is 0.854. The summed E-state index contributed by atoms with van der Waals surface area (Å²) in [7, 11) is 0. The van der Waals surface area contributed by atoms with E-state index < -0.39 is 6.36 Å². The smallest absolute Gasteiger partial charge is 0.406 e. The molecule has 0 amide bonds. The van der Waals surface area contributed by atoms with Crippen molar-refractivity contribution in [1.29, 1.82) is 0 Å². The summed E-state index contributed by atoms with van der Waals surface area (Å²) in [6.45, 7) is 8.55. The highest BCUT2D eigenvalue weighted by Gasteiger charge is 2.31. The highest BCUT2D eigenvalue weighted by atomic mass is 19.4. The molecule has 0 aliphatic heterocycles. The third-order valence-electron chi connectivity index (χ3n) is 2.95. The van der Waals surface area contributed by atoms with Crippen molar-refractivity contribution in [3.63, 3.8) is 0 Å². The summed E-state index contributed by atoms with van der Waals surface area (Å²) in [5.41, 5.74) is 0.656. The fraction of sp³-hybridized carbons (Fsp3) is 0.625. The fourth-order valence-electron chi connectivity index (χ4n) is 2.37. The summed E-state index contributed by atoms with van der Waals surface area (Å²) in [6.07, 6.45) is -2.71. The molecule has 0 unspecified atom stereocenters. The van der Waals surface area contributed by atoms with E-state index in [1.165, 1.54) is 12.1 Å². The number of hydrogen-bond acceptors (Lipinski definition) is 2. The lowest BCUT2D eigenvalue weighted by Crippen LogP contribution is -2.23. The van der Waals surface area contributed by atoms with Crippen molar-refractivity contribution >= 4 is 5.69 Å². The van der Waals surface area contributed by atoms with Crippen LogP contribution in [0.15, 0.2) is 24.3 Å². The Morgan fingerprint density at radius 3 is 2.10 bits per heavy atom. The number of benzene rings is 1. The van der Waals surface area contributed by atoms with Crippen molar-refractivity contribution in [2.75, 3.05) is 5.32 Å². The molecule has 0 saturated carbocycles. The third-order valence-corrected chi connectivity index (χ3v) is 2.95. The van der Waals surface area contributed by atoms with Gasteiger partial charge in [-0.25, -0.2) is 0 Å². The first-order valence-corrected chi connectivity index (χ1v) is 7.28. The summed E-state index contributed by atoms with van der Waals surface area (Å²) < 4.78 is 40.7. The fourth-order valence-corrected chi connectivity index (χ4v) is 2.37. The summed E-state index contributed by atoms with van der Waals surface area (Å²) >= 11 is 0. The van der Waals surface area contributed by atoms with Crippen LogP contribution < -0.4 is 10.1 Å². The molecule has 0 fully saturated rings. The summed E-state index contributed by atoms with van der Waals surface area (Å²) in [4.78, 5) is 0. The highest BCUT2D eigenvalue weighted by Crippen LogP contribution is 2.26. The quantitative estimate of drug-likeness (QED) is 0.722. The van der Waals surface area contributed by atoms with Gasteiger partial charge in [0.1, 0.15) is 5.75 Å². The van der Waals surface area contributed by atoms with Gasteiger partial charge in [0.25, 0.3) is 0 Å². The highest BCUT2D eigenvalue weighted by molar-refractivity contribution is 5.48. The van der Waals surface area contributed by atoms with Gasteiger partial charge < -0.3 is 10.1 Å². The van der Waals surface area contributed by atoms with Crippen LogP contribution in [0.3, 0.4) is 0 Å². The molecule has 2 nitrogen and oxygen atoms in total. The molecule has 0 aliphatic carbocycles. The van der Waals surface area contributed by atoms with Gasteiger partial charge in [-0.05, 0) is 36.8 Å². The molecule has 0 heterocycles. The first-order valence-electron chi connectivity index (χ1n) is 7.28.